The van der Waals surface area contributed by atoms with Gasteiger partial charge >= 0.3 is 24.3 Å². The molecule has 0 unspecified atom stereocenters. The summed E-state index contributed by atoms with van der Waals surface area (Å²) in [5, 5.41) is 14.2. The lowest BCUT2D eigenvalue weighted by atomic mass is 9.89. The van der Waals surface area contributed by atoms with E-state index < -0.39 is 30.1 Å². The summed E-state index contributed by atoms with van der Waals surface area (Å²) < 4.78 is 89.0. The van der Waals surface area contributed by atoms with Crippen LogP contribution >= 0.6 is 0 Å². The summed E-state index contributed by atoms with van der Waals surface area (Å²) in [6, 6.07) is 4.71. The minimum Gasteiger partial charge on any atom is -0.475 e. The lowest BCUT2D eigenvalue weighted by Crippen LogP contribution is -2.48. The molecule has 210 valence electrons. The van der Waals surface area contributed by atoms with Crippen molar-refractivity contribution in [2.45, 2.75) is 43.3 Å². The second kappa shape index (κ2) is 12.7. The highest BCUT2D eigenvalue weighted by Gasteiger charge is 2.45. The lowest BCUT2D eigenvalue weighted by Gasteiger charge is -2.39. The van der Waals surface area contributed by atoms with Crippen LogP contribution in [0.3, 0.4) is 0 Å². The third kappa shape index (κ3) is 9.28. The van der Waals surface area contributed by atoms with Gasteiger partial charge in [0.2, 0.25) is 5.95 Å². The van der Waals surface area contributed by atoms with Crippen molar-refractivity contribution in [1.82, 2.24) is 15.0 Å². The van der Waals surface area contributed by atoms with Crippen LogP contribution < -0.4 is 9.64 Å². The van der Waals surface area contributed by atoms with Gasteiger partial charge in [0.1, 0.15) is 6.10 Å². The Kier molecular flexibility index (Phi) is 10.1. The Bertz CT molecular complexity index is 1050. The normalized spacial score (nSPS) is 21.0. The number of alkyl halides is 6. The summed E-state index contributed by atoms with van der Waals surface area (Å²) in [5.41, 5.74) is -0.284. The molecule has 2 N–H and O–H groups in total. The molecule has 0 bridgehead atoms. The fraction of sp³-hybridized carbons (Fsp3) is 0.476. The molecular weight excluding hydrogens is 537 g/mol. The molecule has 0 radical (unpaired) electrons. The first-order chi connectivity index (χ1) is 17.6. The van der Waals surface area contributed by atoms with Crippen LogP contribution in [0.4, 0.5) is 36.7 Å². The first kappa shape index (κ1) is 30.5. The van der Waals surface area contributed by atoms with E-state index in [-0.39, 0.29) is 17.6 Å². The molecule has 2 fully saturated rings. The van der Waals surface area contributed by atoms with Crippen LogP contribution in [-0.2, 0) is 14.3 Å². The van der Waals surface area contributed by atoms with Gasteiger partial charge in [-0.25, -0.2) is 28.9 Å². The van der Waals surface area contributed by atoms with E-state index in [1.165, 1.54) is 12.3 Å². The van der Waals surface area contributed by atoms with Crippen molar-refractivity contribution in [3.05, 3.63) is 42.6 Å². The monoisotopic (exact) mass is 558 g/mol. The highest BCUT2D eigenvalue weighted by Crippen LogP contribution is 2.37. The van der Waals surface area contributed by atoms with E-state index in [1.54, 1.807) is 24.5 Å². The van der Waals surface area contributed by atoms with Gasteiger partial charge in [-0.3, -0.25) is 0 Å². The van der Waals surface area contributed by atoms with E-state index in [9.17, 15) is 30.7 Å². The smallest absolute Gasteiger partial charge is 0.475 e. The minimum absolute atomic E-state index is 0.0437. The third-order valence-corrected chi connectivity index (χ3v) is 5.04. The number of aromatic nitrogens is 3. The van der Waals surface area contributed by atoms with Crippen LogP contribution in [0.5, 0.6) is 5.88 Å². The molecule has 2 atom stereocenters. The van der Waals surface area contributed by atoms with Crippen LogP contribution in [0.25, 0.3) is 0 Å². The van der Waals surface area contributed by atoms with E-state index in [0.717, 1.165) is 31.9 Å². The number of nitrogens with zero attached hydrogens (tertiary/aromatic N) is 4. The van der Waals surface area contributed by atoms with Gasteiger partial charge < -0.3 is 24.6 Å². The van der Waals surface area contributed by atoms with Crippen molar-refractivity contribution in [3.8, 4) is 5.88 Å². The number of rotatable bonds is 3. The number of pyridine rings is 1. The van der Waals surface area contributed by atoms with Crippen molar-refractivity contribution in [3.63, 3.8) is 0 Å². The van der Waals surface area contributed by atoms with Gasteiger partial charge in [0, 0.05) is 38.1 Å². The Morgan fingerprint density at radius 1 is 1.00 bits per heavy atom. The van der Waals surface area contributed by atoms with Gasteiger partial charge in [-0.05, 0) is 31.0 Å². The number of piperidine rings is 1. The second-order valence-electron chi connectivity index (χ2n) is 7.91. The van der Waals surface area contributed by atoms with E-state index in [0.29, 0.717) is 13.0 Å². The number of halogens is 7. The minimum atomic E-state index is -5.08. The summed E-state index contributed by atoms with van der Waals surface area (Å²) in [6.45, 7) is 2.08. The molecule has 0 aliphatic carbocycles. The molecule has 0 aromatic carbocycles. The van der Waals surface area contributed by atoms with Gasteiger partial charge in [0.25, 0.3) is 5.88 Å². The quantitative estimate of drug-likeness (QED) is 0.539. The Morgan fingerprint density at radius 2 is 1.55 bits per heavy atom. The zero-order chi connectivity index (χ0) is 28.6. The second-order valence-corrected chi connectivity index (χ2v) is 7.91. The number of carboxylic acids is 2. The molecule has 4 heterocycles. The average molecular weight is 558 g/mol. The standard InChI is InChI=1S/C17H19FN4O2.2C2HF3O2/c18-14-4-1-6-19-15(14)24-13-10-17(23-11-13)5-2-9-22(12-17)16-20-7-3-8-21-16;2*3-2(4,5)1(6)7/h1,3-4,6-8,13H,2,5,9-12H2;2*(H,6,7)/t13-,17+;;/m1../s1. The highest BCUT2D eigenvalue weighted by molar-refractivity contribution is 5.73. The predicted molar refractivity (Wildman–Crippen MR) is 113 cm³/mol. The van der Waals surface area contributed by atoms with Crippen LogP contribution in [0.15, 0.2) is 36.8 Å². The largest absolute Gasteiger partial charge is 0.490 e. The molecule has 2 saturated heterocycles. The molecule has 17 heteroatoms. The Hall–Kier alpha value is -3.76. The number of carboxylic acid groups (broad SMARTS) is 2. The summed E-state index contributed by atoms with van der Waals surface area (Å²) >= 11 is 0. The van der Waals surface area contributed by atoms with Crippen molar-refractivity contribution >= 4 is 17.9 Å². The number of ether oxygens (including phenoxy) is 2. The number of anilines is 1. The van der Waals surface area contributed by atoms with Crippen molar-refractivity contribution in [2.24, 2.45) is 0 Å². The fourth-order valence-corrected chi connectivity index (χ4v) is 3.50. The van der Waals surface area contributed by atoms with E-state index in [4.69, 9.17) is 29.3 Å². The predicted octanol–water partition coefficient (Wildman–Crippen LogP) is 3.48. The van der Waals surface area contributed by atoms with E-state index in [1.807, 2.05) is 0 Å². The molecule has 2 aromatic rings. The SMILES string of the molecule is Fc1cccnc1O[C@H]1CO[C@@]2(CCCN(c3ncccn3)C2)C1.O=C(O)C(F)(F)F.O=C(O)C(F)(F)F. The molecule has 0 amide bonds. The van der Waals surface area contributed by atoms with Gasteiger partial charge in [0.15, 0.2) is 5.82 Å². The maximum Gasteiger partial charge on any atom is 0.490 e. The molecule has 4 rings (SSSR count). The van der Waals surface area contributed by atoms with Crippen LogP contribution in [0.1, 0.15) is 19.3 Å². The maximum absolute atomic E-state index is 13.7. The molecule has 1 spiro atoms. The van der Waals surface area contributed by atoms with Gasteiger partial charge in [-0.15, -0.1) is 0 Å². The van der Waals surface area contributed by atoms with Gasteiger partial charge in [-0.2, -0.15) is 26.3 Å². The van der Waals surface area contributed by atoms with Crippen LogP contribution in [-0.4, -0.2) is 80.9 Å². The Balaban J connectivity index is 0.000000301. The fourth-order valence-electron chi connectivity index (χ4n) is 3.50. The first-order valence-corrected chi connectivity index (χ1v) is 10.7. The molecular formula is C21H21F7N4O6. The molecule has 2 aromatic heterocycles. The Labute approximate surface area is 210 Å². The van der Waals surface area contributed by atoms with Crippen LogP contribution in [0.2, 0.25) is 0 Å². The van der Waals surface area contributed by atoms with Crippen molar-refractivity contribution in [2.75, 3.05) is 24.6 Å². The average Bonchev–Trinajstić information content (AvgIpc) is 3.22. The van der Waals surface area contributed by atoms with Crippen LogP contribution in [0, 0.1) is 5.82 Å². The van der Waals surface area contributed by atoms with E-state index >= 15 is 0 Å². The van der Waals surface area contributed by atoms with Gasteiger partial charge in [0.05, 0.1) is 12.2 Å². The van der Waals surface area contributed by atoms with Crippen molar-refractivity contribution in [1.29, 1.82) is 0 Å². The number of hydrogen-bond acceptors (Lipinski definition) is 8. The van der Waals surface area contributed by atoms with Crippen molar-refractivity contribution < 1.29 is 60.0 Å². The van der Waals surface area contributed by atoms with Gasteiger partial charge in [-0.1, -0.05) is 0 Å². The maximum atomic E-state index is 13.7. The zero-order valence-corrected chi connectivity index (χ0v) is 19.2. The summed E-state index contributed by atoms with van der Waals surface area (Å²) in [6.07, 6.45) is -2.66. The number of hydrogen-bond donors (Lipinski definition) is 2. The number of carbonyl (C=O) groups is 2. The Morgan fingerprint density at radius 3 is 2.08 bits per heavy atom. The molecule has 2 aliphatic rings. The zero-order valence-electron chi connectivity index (χ0n) is 19.2. The lowest BCUT2D eigenvalue weighted by molar-refractivity contribution is -0.193. The summed E-state index contributed by atoms with van der Waals surface area (Å²) in [7, 11) is 0. The van der Waals surface area contributed by atoms with E-state index in [2.05, 4.69) is 19.9 Å². The summed E-state index contributed by atoms with van der Waals surface area (Å²) in [4.78, 5) is 32.5. The molecule has 2 aliphatic heterocycles. The molecule has 10 nitrogen and oxygen atoms in total. The molecule has 38 heavy (non-hydrogen) atoms. The first-order valence-electron chi connectivity index (χ1n) is 10.7. The topological polar surface area (TPSA) is 135 Å². The highest BCUT2D eigenvalue weighted by atomic mass is 19.4. The molecule has 0 saturated carbocycles. The number of aliphatic carboxylic acids is 2. The summed E-state index contributed by atoms with van der Waals surface area (Å²) in [5.74, 6) is -5.19. The third-order valence-electron chi connectivity index (χ3n) is 5.04.